The van der Waals surface area contributed by atoms with Crippen molar-refractivity contribution in [1.82, 2.24) is 14.6 Å². The van der Waals surface area contributed by atoms with E-state index in [0.29, 0.717) is 35.7 Å². The minimum absolute atomic E-state index is 0.207. The fraction of sp³-hybridized carbons (Fsp3) is 0.235. The van der Waals surface area contributed by atoms with Crippen LogP contribution >= 0.6 is 0 Å². The van der Waals surface area contributed by atoms with Gasteiger partial charge in [-0.2, -0.15) is 5.10 Å². The van der Waals surface area contributed by atoms with Crippen molar-refractivity contribution >= 4 is 22.9 Å². The van der Waals surface area contributed by atoms with Crippen LogP contribution in [0.2, 0.25) is 0 Å². The molecule has 24 heavy (non-hydrogen) atoms. The fourth-order valence-electron chi connectivity index (χ4n) is 3.12. The van der Waals surface area contributed by atoms with Gasteiger partial charge in [0.1, 0.15) is 11.4 Å². The molecule has 0 spiro atoms. The quantitative estimate of drug-likeness (QED) is 0.689. The highest BCUT2D eigenvalue weighted by Gasteiger charge is 2.30. The molecule has 1 aromatic carbocycles. The molecule has 0 fully saturated rings. The minimum atomic E-state index is -0.364. The topological polar surface area (TPSA) is 53.7 Å². The number of fused-ring (bicyclic) bond motifs is 2. The summed E-state index contributed by atoms with van der Waals surface area (Å²) in [6.07, 6.45) is 3.38. The zero-order chi connectivity index (χ0) is 16.8. The number of carbonyl (C=O) groups is 1. The lowest BCUT2D eigenvalue weighted by atomic mass is 10.1. The van der Waals surface area contributed by atoms with Gasteiger partial charge >= 0.3 is 0 Å². The van der Waals surface area contributed by atoms with Crippen molar-refractivity contribution in [3.63, 3.8) is 0 Å². The Labute approximate surface area is 138 Å². The Balaban J connectivity index is 1.85. The minimum Gasteiger partial charge on any atom is -0.371 e. The Bertz CT molecular complexity index is 951. The zero-order valence-electron chi connectivity index (χ0n) is 13.4. The monoisotopic (exact) mass is 325 g/mol. The number of benzene rings is 1. The number of aryl methyl sites for hydroxylation is 1. The van der Waals surface area contributed by atoms with Gasteiger partial charge in [-0.1, -0.05) is 0 Å². The molecular weight excluding hydrogens is 309 g/mol. The van der Waals surface area contributed by atoms with Crippen LogP contribution in [0.5, 0.6) is 0 Å². The van der Waals surface area contributed by atoms with Gasteiger partial charge in [-0.15, -0.1) is 0 Å². The molecule has 6 nitrogen and oxygen atoms in total. The molecule has 0 N–H and O–H groups in total. The van der Waals surface area contributed by atoms with Crippen molar-refractivity contribution in [3.8, 4) is 0 Å². The molecule has 4 rings (SSSR count). The molecule has 7 heteroatoms. The van der Waals surface area contributed by atoms with Crippen LogP contribution in [0.15, 0.2) is 36.7 Å². The second-order valence-electron chi connectivity index (χ2n) is 5.86. The van der Waals surface area contributed by atoms with E-state index < -0.39 is 0 Å². The Morgan fingerprint density at radius 2 is 2.08 bits per heavy atom. The predicted octanol–water partition coefficient (Wildman–Crippen LogP) is 2.27. The van der Waals surface area contributed by atoms with Crippen molar-refractivity contribution in [2.75, 3.05) is 29.9 Å². The number of anilines is 2. The number of hydrogen-bond donors (Lipinski definition) is 0. The number of aromatic nitrogens is 3. The number of rotatable bonds is 1. The second kappa shape index (κ2) is 5.30. The van der Waals surface area contributed by atoms with Crippen LogP contribution in [0.1, 0.15) is 16.1 Å². The van der Waals surface area contributed by atoms with E-state index in [1.807, 2.05) is 11.9 Å². The third-order valence-electron chi connectivity index (χ3n) is 4.33. The first-order valence-electron chi connectivity index (χ1n) is 7.69. The lowest BCUT2D eigenvalue weighted by Gasteiger charge is -2.35. The van der Waals surface area contributed by atoms with Gasteiger partial charge in [0, 0.05) is 32.5 Å². The van der Waals surface area contributed by atoms with Crippen molar-refractivity contribution in [2.24, 2.45) is 0 Å². The number of hydrogen-bond acceptors (Lipinski definition) is 4. The largest absolute Gasteiger partial charge is 0.371 e. The summed E-state index contributed by atoms with van der Waals surface area (Å²) in [6, 6.07) is 6.27. The maximum absolute atomic E-state index is 13.7. The first-order chi connectivity index (χ1) is 11.6. The Morgan fingerprint density at radius 1 is 1.25 bits per heavy atom. The maximum Gasteiger partial charge on any atom is 0.264 e. The summed E-state index contributed by atoms with van der Waals surface area (Å²) >= 11 is 0. The Morgan fingerprint density at radius 3 is 2.92 bits per heavy atom. The number of amides is 1. The molecule has 3 aromatic rings. The van der Waals surface area contributed by atoms with Crippen LogP contribution in [-0.4, -0.2) is 40.6 Å². The molecule has 3 heterocycles. The predicted molar refractivity (Wildman–Crippen MR) is 89.1 cm³/mol. The van der Waals surface area contributed by atoms with Crippen LogP contribution in [-0.2, 0) is 0 Å². The molecule has 1 amide bonds. The van der Waals surface area contributed by atoms with Crippen LogP contribution < -0.4 is 9.80 Å². The van der Waals surface area contributed by atoms with Gasteiger partial charge in [0.05, 0.1) is 17.1 Å². The summed E-state index contributed by atoms with van der Waals surface area (Å²) in [5, 5.41) is 4.34. The Kier molecular flexibility index (Phi) is 3.23. The highest BCUT2D eigenvalue weighted by Crippen LogP contribution is 2.34. The van der Waals surface area contributed by atoms with Gasteiger partial charge in [-0.25, -0.2) is 13.9 Å². The first kappa shape index (κ1) is 14.6. The van der Waals surface area contributed by atoms with Crippen LogP contribution in [0.3, 0.4) is 0 Å². The van der Waals surface area contributed by atoms with Gasteiger partial charge in [-0.3, -0.25) is 4.79 Å². The standard InChI is InChI=1S/C17H16FN5O/c1-11-15(16-19-6-3-7-23(16)20-11)17(24)22-9-8-21(2)13-5-4-12(18)10-14(13)22/h3-7,10H,8-9H2,1-2H3. The molecule has 0 bridgehead atoms. The van der Waals surface area contributed by atoms with Crippen molar-refractivity contribution in [2.45, 2.75) is 6.92 Å². The van der Waals surface area contributed by atoms with Gasteiger partial charge < -0.3 is 9.80 Å². The summed E-state index contributed by atoms with van der Waals surface area (Å²) in [5.41, 5.74) is 2.98. The highest BCUT2D eigenvalue weighted by atomic mass is 19.1. The van der Waals surface area contributed by atoms with Gasteiger partial charge in [0.2, 0.25) is 0 Å². The van der Waals surface area contributed by atoms with Gasteiger partial charge in [-0.05, 0) is 31.2 Å². The summed E-state index contributed by atoms with van der Waals surface area (Å²) in [6.45, 7) is 2.94. The third kappa shape index (κ3) is 2.12. The SMILES string of the molecule is Cc1nn2cccnc2c1C(=O)N1CCN(C)c2ccc(F)cc21. The molecule has 0 saturated heterocycles. The van der Waals surface area contributed by atoms with E-state index in [4.69, 9.17) is 0 Å². The van der Waals surface area contributed by atoms with Crippen LogP contribution in [0.4, 0.5) is 15.8 Å². The van der Waals surface area contributed by atoms with E-state index in [1.54, 1.807) is 40.9 Å². The number of nitrogens with zero attached hydrogens (tertiary/aromatic N) is 5. The van der Waals surface area contributed by atoms with E-state index in [-0.39, 0.29) is 11.7 Å². The van der Waals surface area contributed by atoms with E-state index >= 15 is 0 Å². The third-order valence-corrected chi connectivity index (χ3v) is 4.33. The molecule has 122 valence electrons. The van der Waals surface area contributed by atoms with Crippen molar-refractivity contribution in [1.29, 1.82) is 0 Å². The number of carbonyl (C=O) groups excluding carboxylic acids is 1. The fourth-order valence-corrected chi connectivity index (χ4v) is 3.12. The number of halogens is 1. The van der Waals surface area contributed by atoms with Crippen LogP contribution in [0, 0.1) is 12.7 Å². The summed E-state index contributed by atoms with van der Waals surface area (Å²) in [4.78, 5) is 21.1. The molecule has 1 aliphatic rings. The summed E-state index contributed by atoms with van der Waals surface area (Å²) in [7, 11) is 1.93. The number of likely N-dealkylation sites (N-methyl/N-ethyl adjacent to an activating group) is 1. The molecule has 0 atom stereocenters. The summed E-state index contributed by atoms with van der Waals surface area (Å²) in [5.74, 6) is -0.572. The zero-order valence-corrected chi connectivity index (χ0v) is 13.4. The van der Waals surface area contributed by atoms with E-state index in [9.17, 15) is 9.18 Å². The van der Waals surface area contributed by atoms with Crippen LogP contribution in [0.25, 0.3) is 5.65 Å². The highest BCUT2D eigenvalue weighted by molar-refractivity contribution is 6.12. The van der Waals surface area contributed by atoms with E-state index in [0.717, 1.165) is 5.69 Å². The average molecular weight is 325 g/mol. The molecule has 0 radical (unpaired) electrons. The van der Waals surface area contributed by atoms with Crippen molar-refractivity contribution < 1.29 is 9.18 Å². The lowest BCUT2D eigenvalue weighted by Crippen LogP contribution is -2.43. The Hall–Kier alpha value is -2.96. The van der Waals surface area contributed by atoms with Gasteiger partial charge in [0.15, 0.2) is 5.65 Å². The molecule has 2 aromatic heterocycles. The van der Waals surface area contributed by atoms with E-state index in [1.165, 1.54) is 12.1 Å². The normalized spacial score (nSPS) is 14.1. The smallest absolute Gasteiger partial charge is 0.264 e. The van der Waals surface area contributed by atoms with Gasteiger partial charge in [0.25, 0.3) is 5.91 Å². The summed E-state index contributed by atoms with van der Waals surface area (Å²) < 4.78 is 15.3. The molecule has 0 aliphatic carbocycles. The first-order valence-corrected chi connectivity index (χ1v) is 7.69. The van der Waals surface area contributed by atoms with Crippen molar-refractivity contribution in [3.05, 3.63) is 53.7 Å². The lowest BCUT2D eigenvalue weighted by molar-refractivity contribution is 0.0987. The van der Waals surface area contributed by atoms with E-state index in [2.05, 4.69) is 10.1 Å². The molecular formula is C17H16FN5O. The molecule has 0 saturated carbocycles. The molecule has 1 aliphatic heterocycles. The average Bonchev–Trinajstić information content (AvgIpc) is 2.90. The maximum atomic E-state index is 13.7. The second-order valence-corrected chi connectivity index (χ2v) is 5.86. The molecule has 0 unspecified atom stereocenters.